The summed E-state index contributed by atoms with van der Waals surface area (Å²) in [5.41, 5.74) is 0.908. The quantitative estimate of drug-likeness (QED) is 0.528. The number of unbranched alkanes of at least 4 members (excludes halogenated alkanes) is 2. The van der Waals surface area contributed by atoms with Gasteiger partial charge in [0, 0.05) is 0 Å². The lowest BCUT2D eigenvalue weighted by molar-refractivity contribution is -0.211. The van der Waals surface area contributed by atoms with Gasteiger partial charge in [-0.1, -0.05) is 63.4 Å². The number of hydrogen-bond donors (Lipinski definition) is 0. The second kappa shape index (κ2) is 9.08. The highest BCUT2D eigenvalue weighted by Gasteiger charge is 2.43. The van der Waals surface area contributed by atoms with E-state index in [1.165, 1.54) is 0 Å². The van der Waals surface area contributed by atoms with Crippen molar-refractivity contribution in [3.05, 3.63) is 35.9 Å². The van der Waals surface area contributed by atoms with Crippen molar-refractivity contribution < 1.29 is 17.9 Å². The van der Waals surface area contributed by atoms with Crippen LogP contribution in [0, 0.1) is 5.92 Å². The van der Waals surface area contributed by atoms with E-state index in [0.717, 1.165) is 18.4 Å². The maximum absolute atomic E-state index is 13.2. The normalized spacial score (nSPS) is 14.9. The Balaban J connectivity index is 2.63. The van der Waals surface area contributed by atoms with Crippen LogP contribution < -0.4 is 0 Å². The summed E-state index contributed by atoms with van der Waals surface area (Å²) in [6.45, 7) is 3.99. The summed E-state index contributed by atoms with van der Waals surface area (Å²) in [6, 6.07) is 9.34. The van der Waals surface area contributed by atoms with Gasteiger partial charge in [0.25, 0.3) is 0 Å². The first-order chi connectivity index (χ1) is 9.99. The fourth-order valence-electron chi connectivity index (χ4n) is 2.47. The molecule has 21 heavy (non-hydrogen) atoms. The first-order valence-corrected chi connectivity index (χ1v) is 7.71. The smallest absolute Gasteiger partial charge is 0.373 e. The summed E-state index contributed by atoms with van der Waals surface area (Å²) < 4.78 is 45.3. The van der Waals surface area contributed by atoms with Gasteiger partial charge in [0.2, 0.25) is 0 Å². The van der Waals surface area contributed by atoms with Crippen molar-refractivity contribution in [1.82, 2.24) is 0 Å². The predicted octanol–water partition coefficient (Wildman–Crippen LogP) is 5.74. The monoisotopic (exact) mass is 302 g/mol. The zero-order chi connectivity index (χ0) is 15.7. The van der Waals surface area contributed by atoms with Crippen molar-refractivity contribution in [3.8, 4) is 0 Å². The lowest BCUT2D eigenvalue weighted by Crippen LogP contribution is -2.35. The number of halogens is 3. The van der Waals surface area contributed by atoms with Gasteiger partial charge in [0.05, 0.1) is 18.6 Å². The molecule has 1 nitrogen and oxygen atoms in total. The molecule has 1 aromatic carbocycles. The molecule has 0 bridgehead atoms. The van der Waals surface area contributed by atoms with Crippen molar-refractivity contribution in [3.63, 3.8) is 0 Å². The van der Waals surface area contributed by atoms with Crippen LogP contribution in [0.5, 0.6) is 0 Å². The van der Waals surface area contributed by atoms with E-state index in [4.69, 9.17) is 4.74 Å². The lowest BCUT2D eigenvalue weighted by atomic mass is 9.93. The fourth-order valence-corrected chi connectivity index (χ4v) is 2.47. The second-order valence-electron chi connectivity index (χ2n) is 5.39. The molecule has 0 radical (unpaired) electrons. The fraction of sp³-hybridized carbons (Fsp3) is 0.647. The molecule has 0 amide bonds. The highest BCUT2D eigenvalue weighted by molar-refractivity contribution is 5.13. The third-order valence-corrected chi connectivity index (χ3v) is 3.70. The molecule has 0 spiro atoms. The van der Waals surface area contributed by atoms with Gasteiger partial charge in [-0.2, -0.15) is 13.2 Å². The molecule has 0 fully saturated rings. The van der Waals surface area contributed by atoms with Gasteiger partial charge >= 0.3 is 6.18 Å². The molecule has 0 aliphatic heterocycles. The minimum atomic E-state index is -4.19. The van der Waals surface area contributed by atoms with E-state index in [2.05, 4.69) is 0 Å². The van der Waals surface area contributed by atoms with Gasteiger partial charge in [0.15, 0.2) is 0 Å². The Morgan fingerprint density at radius 2 is 1.71 bits per heavy atom. The summed E-state index contributed by atoms with van der Waals surface area (Å²) in [7, 11) is 0. The largest absolute Gasteiger partial charge is 0.394 e. The Bertz CT molecular complexity index is 375. The van der Waals surface area contributed by atoms with Crippen LogP contribution >= 0.6 is 0 Å². The number of alkyl halides is 3. The van der Waals surface area contributed by atoms with Crippen LogP contribution in [0.4, 0.5) is 13.2 Å². The standard InChI is InChI=1S/C17H25F3O/c1-3-5-7-12-15(17(18,19)20)16(4-2)21-13-14-10-8-6-9-11-14/h6,8-11,15-16H,3-5,7,12-13H2,1-2H3/t15-,16-/m1/s1. The highest BCUT2D eigenvalue weighted by atomic mass is 19.4. The third-order valence-electron chi connectivity index (χ3n) is 3.70. The van der Waals surface area contributed by atoms with E-state index in [-0.39, 0.29) is 13.0 Å². The Kier molecular flexibility index (Phi) is 7.79. The molecule has 0 aromatic heterocycles. The summed E-state index contributed by atoms with van der Waals surface area (Å²) in [4.78, 5) is 0. The minimum absolute atomic E-state index is 0.157. The maximum Gasteiger partial charge on any atom is 0.394 e. The third kappa shape index (κ3) is 6.51. The molecule has 0 aliphatic rings. The molecule has 0 aliphatic carbocycles. The minimum Gasteiger partial charge on any atom is -0.373 e. The Morgan fingerprint density at radius 3 is 2.24 bits per heavy atom. The first kappa shape index (κ1) is 18.0. The van der Waals surface area contributed by atoms with E-state index in [9.17, 15) is 13.2 Å². The summed E-state index contributed by atoms with van der Waals surface area (Å²) in [5.74, 6) is -1.36. The molecule has 2 atom stereocenters. The van der Waals surface area contributed by atoms with Gasteiger partial charge in [-0.15, -0.1) is 0 Å². The zero-order valence-corrected chi connectivity index (χ0v) is 12.8. The van der Waals surface area contributed by atoms with Crippen molar-refractivity contribution in [2.45, 2.75) is 64.8 Å². The Morgan fingerprint density at radius 1 is 1.05 bits per heavy atom. The number of rotatable bonds is 9. The van der Waals surface area contributed by atoms with Gasteiger partial charge in [-0.05, 0) is 18.4 Å². The second-order valence-corrected chi connectivity index (χ2v) is 5.39. The van der Waals surface area contributed by atoms with Crippen molar-refractivity contribution >= 4 is 0 Å². The van der Waals surface area contributed by atoms with Crippen LogP contribution in [0.15, 0.2) is 30.3 Å². The summed E-state index contributed by atoms with van der Waals surface area (Å²) >= 11 is 0. The van der Waals surface area contributed by atoms with Crippen molar-refractivity contribution in [1.29, 1.82) is 0 Å². The van der Waals surface area contributed by atoms with E-state index in [1.807, 2.05) is 37.3 Å². The van der Waals surface area contributed by atoms with Crippen LogP contribution in [-0.4, -0.2) is 12.3 Å². The molecular weight excluding hydrogens is 277 g/mol. The molecule has 0 saturated carbocycles. The predicted molar refractivity (Wildman–Crippen MR) is 79.0 cm³/mol. The van der Waals surface area contributed by atoms with Crippen LogP contribution in [-0.2, 0) is 11.3 Å². The average Bonchev–Trinajstić information content (AvgIpc) is 2.46. The van der Waals surface area contributed by atoms with Crippen molar-refractivity contribution in [2.24, 2.45) is 5.92 Å². The number of ether oxygens (including phenoxy) is 1. The Labute approximate surface area is 125 Å². The van der Waals surface area contributed by atoms with E-state index in [0.29, 0.717) is 12.8 Å². The lowest BCUT2D eigenvalue weighted by Gasteiger charge is -2.28. The SMILES string of the molecule is CCCCC[C@H]([C@@H](CC)OCc1ccccc1)C(F)(F)F. The molecule has 4 heteroatoms. The van der Waals surface area contributed by atoms with Gasteiger partial charge in [-0.3, -0.25) is 0 Å². The molecule has 0 unspecified atom stereocenters. The summed E-state index contributed by atoms with van der Waals surface area (Å²) in [6.07, 6.45) is -2.05. The molecule has 120 valence electrons. The zero-order valence-electron chi connectivity index (χ0n) is 12.8. The van der Waals surface area contributed by atoms with Gasteiger partial charge in [0.1, 0.15) is 0 Å². The number of benzene rings is 1. The molecule has 0 saturated heterocycles. The molecule has 1 rings (SSSR count). The molecule has 0 heterocycles. The summed E-state index contributed by atoms with van der Waals surface area (Å²) in [5, 5.41) is 0. The van der Waals surface area contributed by atoms with Crippen LogP contribution in [0.25, 0.3) is 0 Å². The maximum atomic E-state index is 13.2. The van der Waals surface area contributed by atoms with Gasteiger partial charge in [-0.25, -0.2) is 0 Å². The van der Waals surface area contributed by atoms with Crippen LogP contribution in [0.3, 0.4) is 0 Å². The topological polar surface area (TPSA) is 9.23 Å². The van der Waals surface area contributed by atoms with Gasteiger partial charge < -0.3 is 4.74 Å². The molecular formula is C17H25F3O. The number of hydrogen-bond acceptors (Lipinski definition) is 1. The molecule has 0 N–H and O–H groups in total. The van der Waals surface area contributed by atoms with E-state index >= 15 is 0 Å². The van der Waals surface area contributed by atoms with E-state index < -0.39 is 18.2 Å². The van der Waals surface area contributed by atoms with Crippen molar-refractivity contribution in [2.75, 3.05) is 0 Å². The first-order valence-electron chi connectivity index (χ1n) is 7.71. The van der Waals surface area contributed by atoms with Crippen LogP contribution in [0.2, 0.25) is 0 Å². The van der Waals surface area contributed by atoms with E-state index in [1.54, 1.807) is 6.92 Å². The average molecular weight is 302 g/mol. The van der Waals surface area contributed by atoms with Crippen LogP contribution in [0.1, 0.15) is 51.5 Å². The highest BCUT2D eigenvalue weighted by Crippen LogP contribution is 2.35. The Hall–Kier alpha value is -1.03. The molecule has 1 aromatic rings.